The van der Waals surface area contributed by atoms with Gasteiger partial charge in [0.25, 0.3) is 10.0 Å². The number of benzene rings is 1. The Labute approximate surface area is 106 Å². The topological polar surface area (TPSA) is 74.8 Å². The highest BCUT2D eigenvalue weighted by Crippen LogP contribution is 2.25. The molecule has 0 radical (unpaired) electrons. The van der Waals surface area contributed by atoms with Crippen LogP contribution in [0.1, 0.15) is 25.3 Å². The van der Waals surface area contributed by atoms with Crippen molar-refractivity contribution in [3.05, 3.63) is 42.1 Å². The van der Waals surface area contributed by atoms with E-state index < -0.39 is 10.0 Å². The van der Waals surface area contributed by atoms with Crippen LogP contribution in [0.15, 0.2) is 41.6 Å². The van der Waals surface area contributed by atoms with E-state index in [1.54, 1.807) is 12.1 Å². The molecule has 0 aliphatic heterocycles. The maximum atomic E-state index is 12.1. The third-order valence-corrected chi connectivity index (χ3v) is 3.89. The summed E-state index contributed by atoms with van der Waals surface area (Å²) in [5.74, 6) is 0.241. The summed E-state index contributed by atoms with van der Waals surface area (Å²) in [6.45, 7) is 4.03. The normalized spacial score (nSPS) is 11.7. The van der Waals surface area contributed by atoms with Gasteiger partial charge in [-0.15, -0.1) is 0 Å². The van der Waals surface area contributed by atoms with Crippen molar-refractivity contribution < 1.29 is 8.42 Å². The van der Waals surface area contributed by atoms with Gasteiger partial charge in [0.05, 0.1) is 11.9 Å². The molecule has 2 N–H and O–H groups in total. The van der Waals surface area contributed by atoms with Crippen molar-refractivity contribution in [1.29, 1.82) is 0 Å². The van der Waals surface area contributed by atoms with Crippen molar-refractivity contribution >= 4 is 15.7 Å². The fourth-order valence-electron chi connectivity index (χ4n) is 1.69. The second-order valence-electron chi connectivity index (χ2n) is 4.27. The van der Waals surface area contributed by atoms with Gasteiger partial charge in [0.1, 0.15) is 0 Å². The molecular weight excluding hydrogens is 250 g/mol. The number of nitrogens with zero attached hydrogens (tertiary/aromatic N) is 1. The molecule has 0 amide bonds. The third-order valence-electron chi connectivity index (χ3n) is 2.59. The Kier molecular flexibility index (Phi) is 3.38. The van der Waals surface area contributed by atoms with Crippen LogP contribution in [-0.4, -0.2) is 18.6 Å². The number of hydrogen-bond donors (Lipinski definition) is 2. The second-order valence-corrected chi connectivity index (χ2v) is 5.92. The number of para-hydroxylation sites is 1. The van der Waals surface area contributed by atoms with Gasteiger partial charge >= 0.3 is 0 Å². The number of H-pyrrole nitrogens is 1. The summed E-state index contributed by atoms with van der Waals surface area (Å²) >= 11 is 0. The summed E-state index contributed by atoms with van der Waals surface area (Å²) in [7, 11) is -3.59. The SMILES string of the molecule is CC(C)c1ccccc1NS(=O)(=O)c1ccn[nH]1. The summed E-state index contributed by atoms with van der Waals surface area (Å²) in [5, 5.41) is 6.15. The molecule has 0 spiro atoms. The lowest BCUT2D eigenvalue weighted by Crippen LogP contribution is -2.15. The Morgan fingerprint density at radius 1 is 1.22 bits per heavy atom. The first-order chi connectivity index (χ1) is 8.50. The average molecular weight is 265 g/mol. The highest BCUT2D eigenvalue weighted by atomic mass is 32.2. The van der Waals surface area contributed by atoms with E-state index in [-0.39, 0.29) is 10.9 Å². The van der Waals surface area contributed by atoms with Crippen LogP contribution in [0.3, 0.4) is 0 Å². The van der Waals surface area contributed by atoms with E-state index in [4.69, 9.17) is 0 Å². The minimum Gasteiger partial charge on any atom is -0.278 e. The minimum absolute atomic E-state index is 0.0565. The fourth-order valence-corrected chi connectivity index (χ4v) is 2.68. The van der Waals surface area contributed by atoms with Crippen molar-refractivity contribution in [2.75, 3.05) is 4.72 Å². The summed E-state index contributed by atoms with van der Waals surface area (Å²) in [6.07, 6.45) is 1.41. The first kappa shape index (κ1) is 12.6. The third kappa shape index (κ3) is 2.53. The molecule has 0 saturated carbocycles. The molecule has 0 unspecified atom stereocenters. The number of hydrogen-bond acceptors (Lipinski definition) is 3. The molecule has 0 fully saturated rings. The van der Waals surface area contributed by atoms with Gasteiger partial charge in [-0.3, -0.25) is 9.82 Å². The molecule has 0 aliphatic carbocycles. The van der Waals surface area contributed by atoms with Gasteiger partial charge < -0.3 is 0 Å². The van der Waals surface area contributed by atoms with Gasteiger partial charge in [-0.2, -0.15) is 13.5 Å². The smallest absolute Gasteiger partial charge is 0.278 e. The van der Waals surface area contributed by atoms with Crippen LogP contribution >= 0.6 is 0 Å². The van der Waals surface area contributed by atoms with Gasteiger partial charge in [-0.25, -0.2) is 0 Å². The van der Waals surface area contributed by atoms with Gasteiger partial charge in [-0.05, 0) is 23.6 Å². The van der Waals surface area contributed by atoms with Crippen molar-refractivity contribution in [1.82, 2.24) is 10.2 Å². The van der Waals surface area contributed by atoms with Crippen LogP contribution in [0, 0.1) is 0 Å². The molecule has 5 nitrogen and oxygen atoms in total. The van der Waals surface area contributed by atoms with Crippen LogP contribution < -0.4 is 4.72 Å². The molecule has 96 valence electrons. The zero-order valence-electron chi connectivity index (χ0n) is 10.2. The van der Waals surface area contributed by atoms with Gasteiger partial charge in [0.15, 0.2) is 5.03 Å². The first-order valence-corrected chi connectivity index (χ1v) is 7.10. The first-order valence-electron chi connectivity index (χ1n) is 5.62. The highest BCUT2D eigenvalue weighted by molar-refractivity contribution is 7.92. The van der Waals surface area contributed by atoms with Crippen LogP contribution in [0.4, 0.5) is 5.69 Å². The molecule has 1 aromatic heterocycles. The summed E-state index contributed by atoms with van der Waals surface area (Å²) in [6, 6.07) is 8.78. The monoisotopic (exact) mass is 265 g/mol. The maximum Gasteiger partial charge on any atom is 0.278 e. The fraction of sp³-hybridized carbons (Fsp3) is 0.250. The molecule has 1 aromatic carbocycles. The lowest BCUT2D eigenvalue weighted by atomic mass is 10.0. The molecule has 0 aliphatic rings. The molecule has 0 atom stereocenters. The van der Waals surface area contributed by atoms with E-state index in [1.165, 1.54) is 12.3 Å². The van der Waals surface area contributed by atoms with Crippen molar-refractivity contribution in [2.24, 2.45) is 0 Å². The molecule has 1 heterocycles. The van der Waals surface area contributed by atoms with E-state index in [0.717, 1.165) is 5.56 Å². The molecule has 18 heavy (non-hydrogen) atoms. The Morgan fingerprint density at radius 3 is 2.56 bits per heavy atom. The predicted octanol–water partition coefficient (Wildman–Crippen LogP) is 2.33. The molecule has 2 rings (SSSR count). The zero-order chi connectivity index (χ0) is 13.2. The number of rotatable bonds is 4. The standard InChI is InChI=1S/C12H15N3O2S/c1-9(2)10-5-3-4-6-11(10)15-18(16,17)12-7-8-13-14-12/h3-9,15H,1-2H3,(H,13,14). The largest absolute Gasteiger partial charge is 0.278 e. The maximum absolute atomic E-state index is 12.1. The Hall–Kier alpha value is -1.82. The Bertz CT molecular complexity index is 619. The second kappa shape index (κ2) is 4.81. The van der Waals surface area contributed by atoms with Gasteiger partial charge in [-0.1, -0.05) is 32.0 Å². The highest BCUT2D eigenvalue weighted by Gasteiger charge is 2.17. The van der Waals surface area contributed by atoms with E-state index in [1.807, 2.05) is 26.0 Å². The number of sulfonamides is 1. The van der Waals surface area contributed by atoms with Gasteiger partial charge in [0.2, 0.25) is 0 Å². The van der Waals surface area contributed by atoms with E-state index in [0.29, 0.717) is 5.69 Å². The molecule has 2 aromatic rings. The van der Waals surface area contributed by atoms with E-state index in [2.05, 4.69) is 14.9 Å². The number of nitrogens with one attached hydrogen (secondary N) is 2. The Morgan fingerprint density at radius 2 is 1.94 bits per heavy atom. The summed E-state index contributed by atoms with van der Waals surface area (Å²) < 4.78 is 26.7. The zero-order valence-corrected chi connectivity index (χ0v) is 11.0. The molecular formula is C12H15N3O2S. The number of anilines is 1. The number of aromatic nitrogens is 2. The van der Waals surface area contributed by atoms with Crippen LogP contribution in [0.25, 0.3) is 0 Å². The lowest BCUT2D eigenvalue weighted by molar-refractivity contribution is 0.597. The quantitative estimate of drug-likeness (QED) is 0.891. The van der Waals surface area contributed by atoms with Crippen LogP contribution in [0.5, 0.6) is 0 Å². The summed E-state index contributed by atoms with van der Waals surface area (Å²) in [4.78, 5) is 0. The molecule has 0 bridgehead atoms. The van der Waals surface area contributed by atoms with Crippen LogP contribution in [0.2, 0.25) is 0 Å². The van der Waals surface area contributed by atoms with E-state index >= 15 is 0 Å². The Balaban J connectivity index is 2.36. The average Bonchev–Trinajstić information content (AvgIpc) is 2.83. The lowest BCUT2D eigenvalue weighted by Gasteiger charge is -2.13. The molecule has 6 heteroatoms. The van der Waals surface area contributed by atoms with Crippen molar-refractivity contribution in [3.8, 4) is 0 Å². The molecule has 0 saturated heterocycles. The van der Waals surface area contributed by atoms with Crippen LogP contribution in [-0.2, 0) is 10.0 Å². The van der Waals surface area contributed by atoms with Crippen molar-refractivity contribution in [2.45, 2.75) is 24.8 Å². The number of aromatic amines is 1. The predicted molar refractivity (Wildman–Crippen MR) is 69.9 cm³/mol. The van der Waals surface area contributed by atoms with Crippen molar-refractivity contribution in [3.63, 3.8) is 0 Å². The van der Waals surface area contributed by atoms with Gasteiger partial charge in [0, 0.05) is 0 Å². The summed E-state index contributed by atoms with van der Waals surface area (Å²) in [5.41, 5.74) is 1.56. The van der Waals surface area contributed by atoms with E-state index in [9.17, 15) is 8.42 Å². The minimum atomic E-state index is -3.59.